The van der Waals surface area contributed by atoms with Gasteiger partial charge in [-0.25, -0.2) is 0 Å². The first-order valence-electron chi connectivity index (χ1n) is 4.86. The van der Waals surface area contributed by atoms with Crippen molar-refractivity contribution in [1.82, 2.24) is 5.32 Å². The van der Waals surface area contributed by atoms with Crippen LogP contribution in [0.2, 0.25) is 0 Å². The van der Waals surface area contributed by atoms with Gasteiger partial charge in [0.1, 0.15) is 6.29 Å². The first-order chi connectivity index (χ1) is 5.68. The first-order valence-corrected chi connectivity index (χ1v) is 4.86. The summed E-state index contributed by atoms with van der Waals surface area (Å²) in [5, 5.41) is 3.26. The lowest BCUT2D eigenvalue weighted by molar-refractivity contribution is -0.115. The van der Waals surface area contributed by atoms with Crippen molar-refractivity contribution in [2.24, 2.45) is 11.3 Å². The molecule has 0 aromatic rings. The molecule has 1 heterocycles. The summed E-state index contributed by atoms with van der Waals surface area (Å²) in [7, 11) is 0. The summed E-state index contributed by atoms with van der Waals surface area (Å²) in [4.78, 5) is 10.9. The van der Waals surface area contributed by atoms with Crippen LogP contribution in [0.4, 0.5) is 0 Å². The smallest absolute Gasteiger partial charge is 0.127 e. The standard InChI is InChI=1S/C10H19NO/c1-9(2)3-4-10(8-12)5-6-11-7-10/h8-9,11H,3-7H2,1-2H3/t10-/m1/s1. The van der Waals surface area contributed by atoms with E-state index in [1.165, 1.54) is 6.42 Å². The van der Waals surface area contributed by atoms with Gasteiger partial charge in [-0.05, 0) is 31.7 Å². The zero-order valence-corrected chi connectivity index (χ0v) is 8.10. The molecular formula is C10H19NO. The Labute approximate surface area is 74.7 Å². The minimum atomic E-state index is -0.0235. The van der Waals surface area contributed by atoms with Gasteiger partial charge in [-0.2, -0.15) is 0 Å². The molecule has 0 spiro atoms. The summed E-state index contributed by atoms with van der Waals surface area (Å²) in [6, 6.07) is 0. The van der Waals surface area contributed by atoms with E-state index in [0.29, 0.717) is 5.92 Å². The minimum absolute atomic E-state index is 0.0235. The van der Waals surface area contributed by atoms with Gasteiger partial charge in [0.15, 0.2) is 0 Å². The van der Waals surface area contributed by atoms with Crippen molar-refractivity contribution < 1.29 is 4.79 Å². The highest BCUT2D eigenvalue weighted by molar-refractivity contribution is 5.60. The van der Waals surface area contributed by atoms with E-state index in [-0.39, 0.29) is 5.41 Å². The van der Waals surface area contributed by atoms with Crippen LogP contribution in [0.3, 0.4) is 0 Å². The van der Waals surface area contributed by atoms with E-state index in [9.17, 15) is 4.79 Å². The summed E-state index contributed by atoms with van der Waals surface area (Å²) in [6.07, 6.45) is 4.42. The van der Waals surface area contributed by atoms with Crippen molar-refractivity contribution in [2.45, 2.75) is 33.1 Å². The van der Waals surface area contributed by atoms with Crippen LogP contribution in [0.1, 0.15) is 33.1 Å². The van der Waals surface area contributed by atoms with Crippen LogP contribution in [-0.4, -0.2) is 19.4 Å². The quantitative estimate of drug-likeness (QED) is 0.648. The number of nitrogens with one attached hydrogen (secondary N) is 1. The summed E-state index contributed by atoms with van der Waals surface area (Å²) >= 11 is 0. The van der Waals surface area contributed by atoms with Crippen molar-refractivity contribution in [1.29, 1.82) is 0 Å². The molecule has 0 bridgehead atoms. The van der Waals surface area contributed by atoms with Crippen molar-refractivity contribution in [3.63, 3.8) is 0 Å². The summed E-state index contributed by atoms with van der Waals surface area (Å²) in [5.74, 6) is 0.711. The topological polar surface area (TPSA) is 29.1 Å². The van der Waals surface area contributed by atoms with E-state index in [1.807, 2.05) is 0 Å². The van der Waals surface area contributed by atoms with Crippen molar-refractivity contribution in [2.75, 3.05) is 13.1 Å². The Kier molecular flexibility index (Phi) is 3.27. The second-order valence-corrected chi connectivity index (χ2v) is 4.34. The molecule has 2 nitrogen and oxygen atoms in total. The van der Waals surface area contributed by atoms with Crippen molar-refractivity contribution in [3.05, 3.63) is 0 Å². The zero-order chi connectivity index (χ0) is 9.03. The first kappa shape index (κ1) is 9.72. The highest BCUT2D eigenvalue weighted by Gasteiger charge is 2.32. The molecule has 0 radical (unpaired) electrons. The molecule has 0 aliphatic carbocycles. The summed E-state index contributed by atoms with van der Waals surface area (Å²) in [6.45, 7) is 6.32. The predicted molar refractivity (Wildman–Crippen MR) is 50.1 cm³/mol. The third-order valence-electron chi connectivity index (χ3n) is 2.75. The van der Waals surface area contributed by atoms with E-state index in [0.717, 1.165) is 32.2 Å². The van der Waals surface area contributed by atoms with Gasteiger partial charge in [0.2, 0.25) is 0 Å². The van der Waals surface area contributed by atoms with E-state index >= 15 is 0 Å². The largest absolute Gasteiger partial charge is 0.316 e. The van der Waals surface area contributed by atoms with Gasteiger partial charge < -0.3 is 10.1 Å². The average molecular weight is 169 g/mol. The van der Waals surface area contributed by atoms with Crippen molar-refractivity contribution in [3.8, 4) is 0 Å². The lowest BCUT2D eigenvalue weighted by atomic mass is 9.82. The van der Waals surface area contributed by atoms with Crippen LogP contribution in [0.5, 0.6) is 0 Å². The molecule has 12 heavy (non-hydrogen) atoms. The number of carbonyl (C=O) groups is 1. The van der Waals surface area contributed by atoms with E-state index < -0.39 is 0 Å². The van der Waals surface area contributed by atoms with Gasteiger partial charge in [0.05, 0.1) is 0 Å². The fraction of sp³-hybridized carbons (Fsp3) is 0.900. The van der Waals surface area contributed by atoms with E-state index in [4.69, 9.17) is 0 Å². The van der Waals surface area contributed by atoms with Gasteiger partial charge >= 0.3 is 0 Å². The number of aldehydes is 1. The van der Waals surface area contributed by atoms with Crippen LogP contribution >= 0.6 is 0 Å². The lowest BCUT2D eigenvalue weighted by Gasteiger charge is -2.21. The average Bonchev–Trinajstić information content (AvgIpc) is 2.50. The fourth-order valence-corrected chi connectivity index (χ4v) is 1.71. The normalized spacial score (nSPS) is 29.6. The van der Waals surface area contributed by atoms with E-state index in [1.54, 1.807) is 0 Å². The monoisotopic (exact) mass is 169 g/mol. The number of hydrogen-bond donors (Lipinski definition) is 1. The van der Waals surface area contributed by atoms with Gasteiger partial charge in [-0.1, -0.05) is 13.8 Å². The van der Waals surface area contributed by atoms with E-state index in [2.05, 4.69) is 19.2 Å². The molecule has 1 saturated heterocycles. The van der Waals surface area contributed by atoms with Crippen LogP contribution in [0, 0.1) is 11.3 Å². The second-order valence-electron chi connectivity index (χ2n) is 4.34. The molecule has 2 heteroatoms. The lowest BCUT2D eigenvalue weighted by Crippen LogP contribution is -2.26. The summed E-state index contributed by atoms with van der Waals surface area (Å²) in [5.41, 5.74) is -0.0235. The van der Waals surface area contributed by atoms with Crippen LogP contribution in [0.25, 0.3) is 0 Å². The maximum Gasteiger partial charge on any atom is 0.127 e. The molecule has 70 valence electrons. The Hall–Kier alpha value is -0.370. The molecular weight excluding hydrogens is 150 g/mol. The maximum absolute atomic E-state index is 10.9. The molecule has 1 aliphatic heterocycles. The molecule has 1 N–H and O–H groups in total. The third-order valence-corrected chi connectivity index (χ3v) is 2.75. The van der Waals surface area contributed by atoms with Gasteiger partial charge in [0, 0.05) is 12.0 Å². The Bertz CT molecular complexity index is 148. The molecule has 0 aromatic heterocycles. The Morgan fingerprint density at radius 2 is 2.33 bits per heavy atom. The Balaban J connectivity index is 2.39. The van der Waals surface area contributed by atoms with Gasteiger partial charge in [0.25, 0.3) is 0 Å². The van der Waals surface area contributed by atoms with Crippen LogP contribution in [-0.2, 0) is 4.79 Å². The van der Waals surface area contributed by atoms with Crippen LogP contribution < -0.4 is 5.32 Å². The highest BCUT2D eigenvalue weighted by atomic mass is 16.1. The highest BCUT2D eigenvalue weighted by Crippen LogP contribution is 2.29. The number of hydrogen-bond acceptors (Lipinski definition) is 2. The molecule has 0 saturated carbocycles. The molecule has 0 unspecified atom stereocenters. The summed E-state index contributed by atoms with van der Waals surface area (Å²) < 4.78 is 0. The number of rotatable bonds is 4. The molecule has 1 rings (SSSR count). The number of carbonyl (C=O) groups excluding carboxylic acids is 1. The predicted octanol–water partition coefficient (Wildman–Crippen LogP) is 1.60. The van der Waals surface area contributed by atoms with Crippen molar-refractivity contribution >= 4 is 6.29 Å². The van der Waals surface area contributed by atoms with Gasteiger partial charge in [-0.3, -0.25) is 0 Å². The molecule has 1 aliphatic rings. The maximum atomic E-state index is 10.9. The zero-order valence-electron chi connectivity index (χ0n) is 8.10. The SMILES string of the molecule is CC(C)CC[C@@]1(C=O)CCNC1. The second kappa shape index (κ2) is 4.04. The Morgan fingerprint density at radius 3 is 2.75 bits per heavy atom. The molecule has 0 amide bonds. The fourth-order valence-electron chi connectivity index (χ4n) is 1.71. The van der Waals surface area contributed by atoms with Gasteiger partial charge in [-0.15, -0.1) is 0 Å². The third kappa shape index (κ3) is 2.31. The Morgan fingerprint density at radius 1 is 1.58 bits per heavy atom. The minimum Gasteiger partial charge on any atom is -0.316 e. The van der Waals surface area contributed by atoms with Crippen LogP contribution in [0.15, 0.2) is 0 Å². The molecule has 1 fully saturated rings. The molecule has 0 aromatic carbocycles. The molecule has 1 atom stereocenters.